The van der Waals surface area contributed by atoms with Gasteiger partial charge in [0.2, 0.25) is 0 Å². The zero-order valence-electron chi connectivity index (χ0n) is 17.3. The molecule has 7 heteroatoms. The van der Waals surface area contributed by atoms with Crippen molar-refractivity contribution in [3.05, 3.63) is 57.1 Å². The molecular formula is C23H24Cl2O5. The number of aliphatic hydroxyl groups is 1. The van der Waals surface area contributed by atoms with Crippen LogP contribution < -0.4 is 9.47 Å². The Labute approximate surface area is 185 Å². The van der Waals surface area contributed by atoms with Gasteiger partial charge in [0.15, 0.2) is 6.10 Å². The summed E-state index contributed by atoms with van der Waals surface area (Å²) in [6.45, 7) is 7.54. The molecule has 0 spiro atoms. The van der Waals surface area contributed by atoms with Crippen molar-refractivity contribution in [3.63, 3.8) is 0 Å². The van der Waals surface area contributed by atoms with Crippen molar-refractivity contribution in [2.45, 2.75) is 63.9 Å². The SMILES string of the molecule is CC1(C)CCc2c(c(Cl)cc3c2OC(C)(C)C(O)C3OC(=O)c2cccc(Cl)c2)O1. The van der Waals surface area contributed by atoms with E-state index in [-0.39, 0.29) is 5.60 Å². The molecule has 160 valence electrons. The molecule has 2 aliphatic rings. The first-order chi connectivity index (χ1) is 14.0. The zero-order chi connectivity index (χ0) is 21.8. The fraction of sp³-hybridized carbons (Fsp3) is 0.435. The normalized spacial score (nSPS) is 23.4. The highest BCUT2D eigenvalue weighted by molar-refractivity contribution is 6.32. The summed E-state index contributed by atoms with van der Waals surface area (Å²) < 4.78 is 18.1. The molecule has 30 heavy (non-hydrogen) atoms. The summed E-state index contributed by atoms with van der Waals surface area (Å²) in [6, 6.07) is 8.14. The minimum atomic E-state index is -1.09. The van der Waals surface area contributed by atoms with Crippen molar-refractivity contribution in [1.29, 1.82) is 0 Å². The molecule has 2 aromatic rings. The Bertz CT molecular complexity index is 1010. The van der Waals surface area contributed by atoms with Crippen molar-refractivity contribution >= 4 is 29.2 Å². The van der Waals surface area contributed by atoms with Crippen LogP contribution >= 0.6 is 23.2 Å². The van der Waals surface area contributed by atoms with E-state index in [1.165, 1.54) is 6.07 Å². The van der Waals surface area contributed by atoms with Gasteiger partial charge < -0.3 is 19.3 Å². The molecule has 0 radical (unpaired) electrons. The van der Waals surface area contributed by atoms with Gasteiger partial charge in [0.1, 0.15) is 28.8 Å². The fourth-order valence-corrected chi connectivity index (χ4v) is 4.36. The molecule has 2 heterocycles. The van der Waals surface area contributed by atoms with Gasteiger partial charge in [-0.05, 0) is 64.8 Å². The quantitative estimate of drug-likeness (QED) is 0.609. The molecule has 5 nitrogen and oxygen atoms in total. The Morgan fingerprint density at radius 1 is 1.13 bits per heavy atom. The minimum absolute atomic E-state index is 0.301. The number of fused-ring (bicyclic) bond motifs is 3. The molecule has 2 unspecified atom stereocenters. The lowest BCUT2D eigenvalue weighted by molar-refractivity contribution is -0.117. The van der Waals surface area contributed by atoms with Crippen LogP contribution in [0.3, 0.4) is 0 Å². The minimum Gasteiger partial charge on any atom is -0.486 e. The first kappa shape index (κ1) is 21.3. The van der Waals surface area contributed by atoms with Crippen molar-refractivity contribution in [3.8, 4) is 11.5 Å². The van der Waals surface area contributed by atoms with Crippen LogP contribution in [0.2, 0.25) is 10.0 Å². The molecule has 0 aromatic heterocycles. The maximum atomic E-state index is 12.8. The lowest BCUT2D eigenvalue weighted by Crippen LogP contribution is -2.50. The molecule has 0 amide bonds. The van der Waals surface area contributed by atoms with E-state index in [1.807, 2.05) is 13.8 Å². The Hall–Kier alpha value is -1.95. The van der Waals surface area contributed by atoms with Crippen LogP contribution in [0.25, 0.3) is 0 Å². The third kappa shape index (κ3) is 3.75. The summed E-state index contributed by atoms with van der Waals surface area (Å²) in [7, 11) is 0. The molecule has 0 bridgehead atoms. The average molecular weight is 451 g/mol. The number of ether oxygens (including phenoxy) is 3. The first-order valence-electron chi connectivity index (χ1n) is 9.86. The molecule has 1 N–H and O–H groups in total. The highest BCUT2D eigenvalue weighted by atomic mass is 35.5. The Kier molecular flexibility index (Phi) is 5.20. The van der Waals surface area contributed by atoms with Gasteiger partial charge in [0, 0.05) is 16.1 Å². The second-order valence-electron chi connectivity index (χ2n) is 8.93. The Morgan fingerprint density at radius 3 is 2.57 bits per heavy atom. The van der Waals surface area contributed by atoms with Gasteiger partial charge in [0.25, 0.3) is 0 Å². The predicted octanol–water partition coefficient (Wildman–Crippen LogP) is 5.53. The molecule has 0 saturated heterocycles. The van der Waals surface area contributed by atoms with E-state index in [0.717, 1.165) is 12.0 Å². The highest BCUT2D eigenvalue weighted by Crippen LogP contribution is 2.51. The summed E-state index contributed by atoms with van der Waals surface area (Å²) >= 11 is 12.5. The van der Waals surface area contributed by atoms with Gasteiger partial charge in [-0.3, -0.25) is 0 Å². The lowest BCUT2D eigenvalue weighted by Gasteiger charge is -2.44. The summed E-state index contributed by atoms with van der Waals surface area (Å²) in [5, 5.41) is 11.8. The van der Waals surface area contributed by atoms with Crippen LogP contribution in [-0.4, -0.2) is 28.4 Å². The standard InChI is InChI=1S/C23H24Cl2O5/c1-22(2)9-8-14-17-15(11-16(25)18(14)29-22)19(20(26)23(3,4)30-17)28-21(27)12-6-5-7-13(24)10-12/h5-7,10-11,19-20,26H,8-9H2,1-4H3. The largest absolute Gasteiger partial charge is 0.486 e. The third-order valence-corrected chi connectivity index (χ3v) is 6.15. The van der Waals surface area contributed by atoms with Crippen LogP contribution in [0.15, 0.2) is 30.3 Å². The smallest absolute Gasteiger partial charge is 0.338 e. The number of hydrogen-bond donors (Lipinski definition) is 1. The van der Waals surface area contributed by atoms with E-state index in [0.29, 0.717) is 39.1 Å². The molecule has 0 saturated carbocycles. The summed E-state index contributed by atoms with van der Waals surface area (Å²) in [5.41, 5.74) is 0.341. The Morgan fingerprint density at radius 2 is 1.87 bits per heavy atom. The van der Waals surface area contributed by atoms with Gasteiger partial charge in [-0.15, -0.1) is 0 Å². The second-order valence-corrected chi connectivity index (χ2v) is 9.78. The van der Waals surface area contributed by atoms with Gasteiger partial charge in [-0.2, -0.15) is 0 Å². The van der Waals surface area contributed by atoms with E-state index in [2.05, 4.69) is 0 Å². The summed E-state index contributed by atoms with van der Waals surface area (Å²) in [6.07, 6.45) is -0.561. The topological polar surface area (TPSA) is 65.0 Å². The molecule has 2 aromatic carbocycles. The number of esters is 1. The van der Waals surface area contributed by atoms with E-state index < -0.39 is 23.8 Å². The van der Waals surface area contributed by atoms with Gasteiger partial charge in [-0.25, -0.2) is 4.79 Å². The monoisotopic (exact) mass is 450 g/mol. The van der Waals surface area contributed by atoms with Gasteiger partial charge in [0.05, 0.1) is 10.6 Å². The number of halogens is 2. The summed E-state index contributed by atoms with van der Waals surface area (Å²) in [4.78, 5) is 12.8. The van der Waals surface area contributed by atoms with E-state index in [4.69, 9.17) is 37.4 Å². The summed E-state index contributed by atoms with van der Waals surface area (Å²) in [5.74, 6) is 0.555. The molecule has 2 aliphatic heterocycles. The molecule has 4 rings (SSSR count). The number of hydrogen-bond acceptors (Lipinski definition) is 5. The van der Waals surface area contributed by atoms with E-state index in [1.54, 1.807) is 38.1 Å². The number of benzene rings is 2. The maximum Gasteiger partial charge on any atom is 0.338 e. The van der Waals surface area contributed by atoms with Crippen LogP contribution in [-0.2, 0) is 11.2 Å². The maximum absolute atomic E-state index is 12.8. The third-order valence-electron chi connectivity index (χ3n) is 5.63. The first-order valence-corrected chi connectivity index (χ1v) is 10.6. The average Bonchev–Trinajstić information content (AvgIpc) is 2.66. The highest BCUT2D eigenvalue weighted by Gasteiger charge is 2.47. The molecular weight excluding hydrogens is 427 g/mol. The van der Waals surface area contributed by atoms with Crippen LogP contribution in [0.5, 0.6) is 11.5 Å². The van der Waals surface area contributed by atoms with Gasteiger partial charge >= 0.3 is 5.97 Å². The zero-order valence-corrected chi connectivity index (χ0v) is 18.8. The van der Waals surface area contributed by atoms with Crippen molar-refractivity contribution in [2.24, 2.45) is 0 Å². The van der Waals surface area contributed by atoms with Crippen molar-refractivity contribution in [2.75, 3.05) is 0 Å². The van der Waals surface area contributed by atoms with Crippen molar-refractivity contribution < 1.29 is 24.1 Å². The van der Waals surface area contributed by atoms with Crippen LogP contribution in [0.4, 0.5) is 0 Å². The lowest BCUT2D eigenvalue weighted by atomic mass is 9.84. The fourth-order valence-electron chi connectivity index (χ4n) is 3.90. The van der Waals surface area contributed by atoms with E-state index >= 15 is 0 Å². The van der Waals surface area contributed by atoms with Crippen LogP contribution in [0, 0.1) is 0 Å². The van der Waals surface area contributed by atoms with Crippen molar-refractivity contribution in [1.82, 2.24) is 0 Å². The van der Waals surface area contributed by atoms with E-state index in [9.17, 15) is 9.90 Å². The number of carbonyl (C=O) groups excluding carboxylic acids is 1. The molecule has 2 atom stereocenters. The van der Waals surface area contributed by atoms with Crippen LogP contribution in [0.1, 0.15) is 61.7 Å². The predicted molar refractivity (Wildman–Crippen MR) is 115 cm³/mol. The second kappa shape index (κ2) is 7.33. The molecule has 0 aliphatic carbocycles. The number of aliphatic hydroxyl groups excluding tert-OH is 1. The van der Waals surface area contributed by atoms with Gasteiger partial charge in [-0.1, -0.05) is 29.3 Å². The molecule has 0 fully saturated rings. The number of carbonyl (C=O) groups is 1. The Balaban J connectivity index is 1.78. The number of rotatable bonds is 2.